The third-order valence-corrected chi connectivity index (χ3v) is 3.24. The molecule has 0 aliphatic rings. The molecule has 0 saturated carbocycles. The van der Waals surface area contributed by atoms with E-state index in [0.29, 0.717) is 5.82 Å². The van der Waals surface area contributed by atoms with Gasteiger partial charge in [-0.15, -0.1) is 0 Å². The van der Waals surface area contributed by atoms with Gasteiger partial charge < -0.3 is 4.52 Å². The first-order valence-corrected chi connectivity index (χ1v) is 5.91. The Morgan fingerprint density at radius 3 is 2.81 bits per heavy atom. The zero-order valence-electron chi connectivity index (χ0n) is 8.51. The summed E-state index contributed by atoms with van der Waals surface area (Å²) in [5.41, 5.74) is 0. The maximum absolute atomic E-state index is 13.3. The lowest BCUT2D eigenvalue weighted by atomic mass is 10.3. The van der Waals surface area contributed by atoms with Crippen LogP contribution >= 0.6 is 0 Å². The zero-order chi connectivity index (χ0) is 11.5. The Morgan fingerprint density at radius 2 is 2.19 bits per heavy atom. The second-order valence-electron chi connectivity index (χ2n) is 3.16. The highest BCUT2D eigenvalue weighted by Gasteiger charge is 2.13. The van der Waals surface area contributed by atoms with E-state index in [1.54, 1.807) is 19.1 Å². The highest BCUT2D eigenvalue weighted by molar-refractivity contribution is 7.84. The molecule has 1 heterocycles. The average Bonchev–Trinajstić information content (AvgIpc) is 2.64. The van der Waals surface area contributed by atoms with E-state index in [0.717, 1.165) is 0 Å². The first-order valence-electron chi connectivity index (χ1n) is 4.59. The molecule has 0 aliphatic heterocycles. The average molecular weight is 240 g/mol. The molecular weight excluding hydrogens is 231 g/mol. The van der Waals surface area contributed by atoms with Crippen LogP contribution in [0, 0.1) is 12.7 Å². The molecule has 2 rings (SSSR count). The molecule has 1 aromatic carbocycles. The molecule has 0 spiro atoms. The molecule has 0 radical (unpaired) electrons. The second kappa shape index (κ2) is 4.52. The number of benzene rings is 1. The lowest BCUT2D eigenvalue weighted by Crippen LogP contribution is -1.99. The van der Waals surface area contributed by atoms with Gasteiger partial charge in [0.15, 0.2) is 5.82 Å². The van der Waals surface area contributed by atoms with Gasteiger partial charge in [-0.05, 0) is 19.1 Å². The molecule has 0 bridgehead atoms. The number of aromatic nitrogens is 2. The molecule has 0 saturated heterocycles. The van der Waals surface area contributed by atoms with Crippen molar-refractivity contribution in [3.63, 3.8) is 0 Å². The smallest absolute Gasteiger partial charge is 0.239 e. The van der Waals surface area contributed by atoms with Crippen LogP contribution in [0.1, 0.15) is 11.7 Å². The summed E-state index contributed by atoms with van der Waals surface area (Å²) < 4.78 is 29.9. The Bertz CT molecular complexity index is 527. The fourth-order valence-corrected chi connectivity index (χ4v) is 2.23. The Kier molecular flexibility index (Phi) is 3.09. The molecular formula is C10H9FN2O2S. The number of nitrogens with zero attached hydrogens (tertiary/aromatic N) is 2. The summed E-state index contributed by atoms with van der Waals surface area (Å²) in [6.07, 6.45) is 0. The van der Waals surface area contributed by atoms with Crippen LogP contribution in [0.4, 0.5) is 4.39 Å². The normalized spacial score (nSPS) is 12.6. The number of halogens is 1. The Balaban J connectivity index is 2.18. The van der Waals surface area contributed by atoms with Crippen LogP contribution in [0.3, 0.4) is 0 Å². The number of aryl methyl sites for hydroxylation is 1. The van der Waals surface area contributed by atoms with Crippen molar-refractivity contribution in [2.45, 2.75) is 17.6 Å². The van der Waals surface area contributed by atoms with Gasteiger partial charge >= 0.3 is 0 Å². The van der Waals surface area contributed by atoms with Gasteiger partial charge in [0.25, 0.3) is 0 Å². The van der Waals surface area contributed by atoms with Gasteiger partial charge in [0.05, 0.1) is 15.7 Å². The topological polar surface area (TPSA) is 56.0 Å². The number of rotatable bonds is 3. The predicted octanol–water partition coefficient (Wildman–Crippen LogP) is 1.82. The molecule has 1 aromatic heterocycles. The minimum absolute atomic E-state index is 0.0295. The van der Waals surface area contributed by atoms with Crippen LogP contribution in [0.15, 0.2) is 33.7 Å². The molecule has 84 valence electrons. The van der Waals surface area contributed by atoms with Gasteiger partial charge in [-0.2, -0.15) is 4.98 Å². The molecule has 4 nitrogen and oxygen atoms in total. The van der Waals surface area contributed by atoms with Crippen LogP contribution in [0.25, 0.3) is 0 Å². The Labute approximate surface area is 93.9 Å². The molecule has 2 aromatic rings. The van der Waals surface area contributed by atoms with Crippen LogP contribution < -0.4 is 0 Å². The largest absolute Gasteiger partial charge is 0.338 e. The van der Waals surface area contributed by atoms with E-state index in [4.69, 9.17) is 4.52 Å². The lowest BCUT2D eigenvalue weighted by Gasteiger charge is -1.99. The second-order valence-corrected chi connectivity index (χ2v) is 4.58. The lowest BCUT2D eigenvalue weighted by molar-refractivity contribution is 0.386. The summed E-state index contributed by atoms with van der Waals surface area (Å²) in [4.78, 5) is 4.06. The highest BCUT2D eigenvalue weighted by Crippen LogP contribution is 2.14. The van der Waals surface area contributed by atoms with E-state index in [-0.39, 0.29) is 16.5 Å². The standard InChI is InChI=1S/C10H9FN2O2S/c1-7-12-10(15-13-7)6-16(14)9-5-3-2-4-8(9)11/h2-5H,6H2,1H3. The quantitative estimate of drug-likeness (QED) is 0.821. The summed E-state index contributed by atoms with van der Waals surface area (Å²) in [6.45, 7) is 1.67. The van der Waals surface area contributed by atoms with Crippen molar-refractivity contribution in [1.82, 2.24) is 10.1 Å². The van der Waals surface area contributed by atoms with E-state index in [9.17, 15) is 8.60 Å². The van der Waals surface area contributed by atoms with Gasteiger partial charge in [0, 0.05) is 0 Å². The van der Waals surface area contributed by atoms with Crippen LogP contribution in [-0.4, -0.2) is 14.3 Å². The van der Waals surface area contributed by atoms with Crippen LogP contribution in [0.5, 0.6) is 0 Å². The van der Waals surface area contributed by atoms with Gasteiger partial charge in [-0.25, -0.2) is 4.39 Å². The monoisotopic (exact) mass is 240 g/mol. The van der Waals surface area contributed by atoms with E-state index < -0.39 is 16.6 Å². The van der Waals surface area contributed by atoms with Crippen molar-refractivity contribution in [2.24, 2.45) is 0 Å². The van der Waals surface area contributed by atoms with Crippen LogP contribution in [0.2, 0.25) is 0 Å². The Morgan fingerprint density at radius 1 is 1.44 bits per heavy atom. The number of hydrogen-bond donors (Lipinski definition) is 0. The highest BCUT2D eigenvalue weighted by atomic mass is 32.2. The first kappa shape index (κ1) is 10.9. The Hall–Kier alpha value is -1.56. The number of hydrogen-bond acceptors (Lipinski definition) is 4. The van der Waals surface area contributed by atoms with Crippen molar-refractivity contribution >= 4 is 10.8 Å². The molecule has 0 aliphatic carbocycles. The van der Waals surface area contributed by atoms with Gasteiger partial charge in [0.2, 0.25) is 5.89 Å². The van der Waals surface area contributed by atoms with E-state index >= 15 is 0 Å². The van der Waals surface area contributed by atoms with Crippen LogP contribution in [-0.2, 0) is 16.6 Å². The summed E-state index contributed by atoms with van der Waals surface area (Å²) >= 11 is 0. The SMILES string of the molecule is Cc1noc(CS(=O)c2ccccc2F)n1. The molecule has 0 fully saturated rings. The van der Waals surface area contributed by atoms with E-state index in [2.05, 4.69) is 10.1 Å². The predicted molar refractivity (Wildman–Crippen MR) is 55.5 cm³/mol. The van der Waals surface area contributed by atoms with Crippen molar-refractivity contribution in [1.29, 1.82) is 0 Å². The fourth-order valence-electron chi connectivity index (χ4n) is 1.22. The molecule has 1 atom stereocenters. The third kappa shape index (κ3) is 2.33. The first-order chi connectivity index (χ1) is 7.66. The zero-order valence-corrected chi connectivity index (χ0v) is 9.33. The van der Waals surface area contributed by atoms with Crippen molar-refractivity contribution in [3.05, 3.63) is 41.8 Å². The molecule has 0 N–H and O–H groups in total. The summed E-state index contributed by atoms with van der Waals surface area (Å²) in [5.74, 6) is 0.263. The fraction of sp³-hybridized carbons (Fsp3) is 0.200. The molecule has 1 unspecified atom stereocenters. The van der Waals surface area contributed by atoms with Gasteiger partial charge in [-0.3, -0.25) is 4.21 Å². The maximum Gasteiger partial charge on any atom is 0.239 e. The molecule has 0 amide bonds. The van der Waals surface area contributed by atoms with Gasteiger partial charge in [0.1, 0.15) is 11.6 Å². The summed E-state index contributed by atoms with van der Waals surface area (Å²) in [6, 6.07) is 5.93. The summed E-state index contributed by atoms with van der Waals surface area (Å²) in [5, 5.41) is 3.57. The van der Waals surface area contributed by atoms with Gasteiger partial charge in [-0.1, -0.05) is 17.3 Å². The molecule has 6 heteroatoms. The maximum atomic E-state index is 13.3. The van der Waals surface area contributed by atoms with Crippen molar-refractivity contribution in [3.8, 4) is 0 Å². The molecule has 16 heavy (non-hydrogen) atoms. The van der Waals surface area contributed by atoms with E-state index in [1.807, 2.05) is 0 Å². The minimum Gasteiger partial charge on any atom is -0.338 e. The summed E-state index contributed by atoms with van der Waals surface area (Å²) in [7, 11) is -1.50. The van der Waals surface area contributed by atoms with E-state index in [1.165, 1.54) is 12.1 Å². The third-order valence-electron chi connectivity index (χ3n) is 1.91. The van der Waals surface area contributed by atoms with Crippen molar-refractivity contribution < 1.29 is 13.1 Å². The minimum atomic E-state index is -1.50. The van der Waals surface area contributed by atoms with Crippen molar-refractivity contribution in [2.75, 3.05) is 0 Å².